The number of amides is 1. The van der Waals surface area contributed by atoms with E-state index in [9.17, 15) is 18.0 Å². The van der Waals surface area contributed by atoms with Crippen LogP contribution >= 0.6 is 0 Å². The van der Waals surface area contributed by atoms with Crippen molar-refractivity contribution in [1.82, 2.24) is 15.1 Å². The van der Waals surface area contributed by atoms with Crippen LogP contribution in [0.4, 0.5) is 13.2 Å². The molecule has 0 spiro atoms. The zero-order valence-corrected chi connectivity index (χ0v) is 13.9. The third kappa shape index (κ3) is 4.37. The molecule has 24 heavy (non-hydrogen) atoms. The molecule has 7 heteroatoms. The number of aromatic nitrogens is 2. The van der Waals surface area contributed by atoms with Crippen LogP contribution in [0.1, 0.15) is 34.5 Å². The molecule has 130 valence electrons. The summed E-state index contributed by atoms with van der Waals surface area (Å²) >= 11 is 0. The predicted molar refractivity (Wildman–Crippen MR) is 84.3 cm³/mol. The van der Waals surface area contributed by atoms with Crippen molar-refractivity contribution < 1.29 is 18.0 Å². The van der Waals surface area contributed by atoms with Gasteiger partial charge in [-0.3, -0.25) is 9.48 Å². The molecule has 0 saturated carbocycles. The van der Waals surface area contributed by atoms with Crippen molar-refractivity contribution in [2.24, 2.45) is 7.05 Å². The molecule has 2 aromatic rings. The second-order valence-corrected chi connectivity index (χ2v) is 5.74. The number of hydrogen-bond acceptors (Lipinski definition) is 2. The summed E-state index contributed by atoms with van der Waals surface area (Å²) in [5, 5.41) is 7.03. The van der Waals surface area contributed by atoms with E-state index < -0.39 is 11.7 Å². The molecule has 0 fully saturated rings. The zero-order valence-electron chi connectivity index (χ0n) is 13.9. The van der Waals surface area contributed by atoms with Gasteiger partial charge >= 0.3 is 6.18 Å². The normalized spacial score (nSPS) is 11.6. The number of benzene rings is 1. The Morgan fingerprint density at radius 3 is 2.33 bits per heavy atom. The van der Waals surface area contributed by atoms with Crippen molar-refractivity contribution in [2.45, 2.75) is 39.4 Å². The molecule has 0 saturated heterocycles. The highest BCUT2D eigenvalue weighted by atomic mass is 19.4. The molecule has 1 N–H and O–H groups in total. The Kier molecular flexibility index (Phi) is 5.31. The summed E-state index contributed by atoms with van der Waals surface area (Å²) in [5.41, 5.74) is 2.93. The van der Waals surface area contributed by atoms with Crippen molar-refractivity contribution in [1.29, 1.82) is 0 Å². The fraction of sp³-hybridized carbons (Fsp3) is 0.412. The maximum absolute atomic E-state index is 12.5. The van der Waals surface area contributed by atoms with E-state index in [0.717, 1.165) is 29.1 Å². The van der Waals surface area contributed by atoms with Crippen molar-refractivity contribution in [3.05, 3.63) is 52.3 Å². The van der Waals surface area contributed by atoms with Gasteiger partial charge in [-0.15, -0.1) is 0 Å². The number of aryl methyl sites for hydroxylation is 2. The summed E-state index contributed by atoms with van der Waals surface area (Å²) in [6, 6.07) is 4.78. The van der Waals surface area contributed by atoms with Crippen molar-refractivity contribution in [3.63, 3.8) is 0 Å². The Bertz CT molecular complexity index is 718. The van der Waals surface area contributed by atoms with E-state index in [2.05, 4.69) is 10.4 Å². The Hall–Kier alpha value is -2.31. The number of alkyl halides is 3. The Balaban J connectivity index is 1.85. The van der Waals surface area contributed by atoms with Gasteiger partial charge in [-0.05, 0) is 43.5 Å². The monoisotopic (exact) mass is 339 g/mol. The van der Waals surface area contributed by atoms with Crippen molar-refractivity contribution in [3.8, 4) is 0 Å². The summed E-state index contributed by atoms with van der Waals surface area (Å²) in [6.07, 6.45) is -3.44. The zero-order chi connectivity index (χ0) is 17.9. The van der Waals surface area contributed by atoms with Gasteiger partial charge in [0, 0.05) is 25.7 Å². The van der Waals surface area contributed by atoms with Crippen molar-refractivity contribution in [2.75, 3.05) is 0 Å². The third-order valence-corrected chi connectivity index (χ3v) is 4.03. The van der Waals surface area contributed by atoms with Gasteiger partial charge in [-0.2, -0.15) is 18.3 Å². The molecule has 0 bridgehead atoms. The van der Waals surface area contributed by atoms with E-state index in [1.54, 1.807) is 4.68 Å². The van der Waals surface area contributed by atoms with E-state index >= 15 is 0 Å². The van der Waals surface area contributed by atoms with Gasteiger partial charge < -0.3 is 5.32 Å². The molecule has 1 amide bonds. The predicted octanol–water partition coefficient (Wildman–Crippen LogP) is 3.30. The van der Waals surface area contributed by atoms with Crippen LogP contribution in [0.25, 0.3) is 0 Å². The Morgan fingerprint density at radius 2 is 1.83 bits per heavy atom. The van der Waals surface area contributed by atoms with Crippen LogP contribution in [0.2, 0.25) is 0 Å². The maximum atomic E-state index is 12.5. The summed E-state index contributed by atoms with van der Waals surface area (Å²) in [6.45, 7) is 4.07. The van der Waals surface area contributed by atoms with Crippen LogP contribution in [-0.2, 0) is 31.0 Å². The van der Waals surface area contributed by atoms with E-state index in [4.69, 9.17) is 0 Å². The SMILES string of the molecule is Cc1nn(C)c(C)c1CCC(=O)NCc1ccc(C(F)(F)F)cc1. The van der Waals surface area contributed by atoms with Gasteiger partial charge in [-0.1, -0.05) is 12.1 Å². The van der Waals surface area contributed by atoms with E-state index in [-0.39, 0.29) is 12.5 Å². The van der Waals surface area contributed by atoms with Crippen LogP contribution in [0.5, 0.6) is 0 Å². The molecule has 1 aromatic carbocycles. The molecule has 0 aliphatic heterocycles. The van der Waals surface area contributed by atoms with Gasteiger partial charge in [0.05, 0.1) is 11.3 Å². The molecular formula is C17H20F3N3O. The number of nitrogens with one attached hydrogen (secondary N) is 1. The average molecular weight is 339 g/mol. The number of carbonyl (C=O) groups is 1. The molecule has 1 heterocycles. The van der Waals surface area contributed by atoms with Crippen LogP contribution in [0.15, 0.2) is 24.3 Å². The molecule has 1 aromatic heterocycles. The first kappa shape index (κ1) is 18.0. The Labute approximate surface area is 138 Å². The Morgan fingerprint density at radius 1 is 1.21 bits per heavy atom. The van der Waals surface area contributed by atoms with E-state index in [1.807, 2.05) is 20.9 Å². The smallest absolute Gasteiger partial charge is 0.352 e. The maximum Gasteiger partial charge on any atom is 0.416 e. The highest BCUT2D eigenvalue weighted by Gasteiger charge is 2.29. The number of nitrogens with zero attached hydrogens (tertiary/aromatic N) is 2. The standard InChI is InChI=1S/C17H20F3N3O/c1-11-15(12(2)23(3)22-11)8-9-16(24)21-10-13-4-6-14(7-5-13)17(18,19)20/h4-7H,8-10H2,1-3H3,(H,21,24). The van der Waals surface area contributed by atoms with Crippen LogP contribution < -0.4 is 5.32 Å². The molecule has 0 radical (unpaired) electrons. The fourth-order valence-corrected chi connectivity index (χ4v) is 2.52. The van der Waals surface area contributed by atoms with E-state index in [0.29, 0.717) is 18.4 Å². The second-order valence-electron chi connectivity index (χ2n) is 5.74. The molecule has 0 aliphatic rings. The highest BCUT2D eigenvalue weighted by molar-refractivity contribution is 5.76. The van der Waals surface area contributed by atoms with Gasteiger partial charge in [0.1, 0.15) is 0 Å². The summed E-state index contributed by atoms with van der Waals surface area (Å²) in [7, 11) is 1.86. The lowest BCUT2D eigenvalue weighted by Crippen LogP contribution is -2.23. The fourth-order valence-electron chi connectivity index (χ4n) is 2.52. The highest BCUT2D eigenvalue weighted by Crippen LogP contribution is 2.29. The van der Waals surface area contributed by atoms with Crippen LogP contribution in [-0.4, -0.2) is 15.7 Å². The average Bonchev–Trinajstić information content (AvgIpc) is 2.75. The van der Waals surface area contributed by atoms with Gasteiger partial charge in [0.15, 0.2) is 0 Å². The first-order chi connectivity index (χ1) is 11.2. The lowest BCUT2D eigenvalue weighted by molar-refractivity contribution is -0.137. The van der Waals surface area contributed by atoms with Crippen molar-refractivity contribution >= 4 is 5.91 Å². The topological polar surface area (TPSA) is 46.9 Å². The molecule has 4 nitrogen and oxygen atoms in total. The van der Waals surface area contributed by atoms with Gasteiger partial charge in [0.25, 0.3) is 0 Å². The largest absolute Gasteiger partial charge is 0.416 e. The summed E-state index contributed by atoms with van der Waals surface area (Å²) in [4.78, 5) is 11.9. The number of carbonyl (C=O) groups excluding carboxylic acids is 1. The van der Waals surface area contributed by atoms with E-state index in [1.165, 1.54) is 12.1 Å². The molecule has 0 atom stereocenters. The number of halogens is 3. The molecular weight excluding hydrogens is 319 g/mol. The van der Waals surface area contributed by atoms with Gasteiger partial charge in [-0.25, -0.2) is 0 Å². The van der Waals surface area contributed by atoms with Gasteiger partial charge in [0.2, 0.25) is 5.91 Å². The molecule has 0 aliphatic carbocycles. The van der Waals surface area contributed by atoms with Crippen LogP contribution in [0.3, 0.4) is 0 Å². The first-order valence-corrected chi connectivity index (χ1v) is 7.60. The lowest BCUT2D eigenvalue weighted by Gasteiger charge is -2.09. The summed E-state index contributed by atoms with van der Waals surface area (Å²) in [5.74, 6) is -0.141. The number of hydrogen-bond donors (Lipinski definition) is 1. The minimum atomic E-state index is -4.35. The van der Waals surface area contributed by atoms with Crippen LogP contribution in [0, 0.1) is 13.8 Å². The third-order valence-electron chi connectivity index (χ3n) is 4.03. The quantitative estimate of drug-likeness (QED) is 0.908. The minimum absolute atomic E-state index is 0.141. The minimum Gasteiger partial charge on any atom is -0.352 e. The second kappa shape index (κ2) is 7.07. The number of rotatable bonds is 5. The molecule has 0 unspecified atom stereocenters. The molecule has 2 rings (SSSR count). The summed E-state index contributed by atoms with van der Waals surface area (Å²) < 4.78 is 39.2. The first-order valence-electron chi connectivity index (χ1n) is 7.60. The lowest BCUT2D eigenvalue weighted by atomic mass is 10.1.